The average molecular weight is 981 g/mol. The number of fused-ring (bicyclic) bond motifs is 18. The van der Waals surface area contributed by atoms with E-state index in [1.54, 1.807) is 0 Å². The molecule has 12 aromatic rings. The predicted octanol–water partition coefficient (Wildman–Crippen LogP) is 18.8. The Morgan fingerprint density at radius 3 is 1.34 bits per heavy atom. The molecule has 4 aliphatic rings. The quantitative estimate of drug-likeness (QED) is 0.161. The minimum absolute atomic E-state index is 0.194. The summed E-state index contributed by atoms with van der Waals surface area (Å²) in [5.74, 6) is 0.194. The summed E-state index contributed by atoms with van der Waals surface area (Å²) in [4.78, 5) is 2.64. The highest BCUT2D eigenvalue weighted by Gasteiger charge is 2.61. The maximum absolute atomic E-state index is 2.64. The van der Waals surface area contributed by atoms with Crippen molar-refractivity contribution in [1.82, 2.24) is 4.57 Å². The molecule has 4 aliphatic carbocycles. The van der Waals surface area contributed by atoms with Crippen molar-refractivity contribution in [3.8, 4) is 50.2 Å². The summed E-state index contributed by atoms with van der Waals surface area (Å²) in [5, 5.41) is 2.46. The Labute approximate surface area is 449 Å². The van der Waals surface area contributed by atoms with Crippen LogP contribution in [0.4, 0.5) is 11.4 Å². The summed E-state index contributed by atoms with van der Waals surface area (Å²) in [6.07, 6.45) is 3.53. The Morgan fingerprint density at radius 2 is 0.779 bits per heavy atom. The van der Waals surface area contributed by atoms with Gasteiger partial charge in [0, 0.05) is 33.5 Å². The number of rotatable bonds is 6. The molecule has 362 valence electrons. The topological polar surface area (TPSA) is 8.17 Å². The smallest absolute Gasteiger partial charge is 0.0737 e. The Morgan fingerprint density at radius 1 is 0.364 bits per heavy atom. The van der Waals surface area contributed by atoms with Crippen LogP contribution in [0.1, 0.15) is 46.7 Å². The van der Waals surface area contributed by atoms with Crippen molar-refractivity contribution in [1.29, 1.82) is 0 Å². The number of anilines is 2. The van der Waals surface area contributed by atoms with Gasteiger partial charge in [-0.1, -0.05) is 244 Å². The standard InChI is InChI=1S/C75H52N2/c1-49-46-69-73(75(65-31-15-10-26-59(65)60-27-11-16-32-66(60)75)68-34-18-17-33-67(68)74(69)63-29-13-8-24-57(63)58-25-9-14-30-64(58)74)72(47-49)76(54-40-36-52(37-41-54)50-20-4-2-5-21-50)56-44-45-62-61-28-12-19-35-70(61)77(71(62)48-56)55-42-38-53(39-43-55)51-22-6-3-7-23-51/h2-45,47-49H,46H2,1H3. The second-order valence-corrected chi connectivity index (χ2v) is 21.5. The Kier molecular flexibility index (Phi) is 9.54. The molecule has 0 saturated heterocycles. The molecule has 0 bridgehead atoms. The van der Waals surface area contributed by atoms with E-state index in [9.17, 15) is 0 Å². The fourth-order valence-electron chi connectivity index (χ4n) is 14.7. The van der Waals surface area contributed by atoms with E-state index in [-0.39, 0.29) is 5.92 Å². The van der Waals surface area contributed by atoms with Gasteiger partial charge in [-0.2, -0.15) is 0 Å². The second kappa shape index (κ2) is 16.8. The Balaban J connectivity index is 1.02. The van der Waals surface area contributed by atoms with Crippen molar-refractivity contribution < 1.29 is 0 Å². The molecule has 0 amide bonds. The SMILES string of the molecule is CC1C=C(N(c2ccc(-c3ccccc3)cc2)c2ccc3c4ccccc4n(-c4ccc(-c5ccccc5)cc4)c3c2)C2=C(C1)C1(c3ccccc3-c3ccccc31)c1ccccc1C21c2ccccc2-c2ccccc21. The third-order valence-corrected chi connectivity index (χ3v) is 17.6. The average Bonchev–Trinajstić information content (AvgIpc) is 4.27. The van der Waals surface area contributed by atoms with Gasteiger partial charge in [-0.25, -0.2) is 0 Å². The van der Waals surface area contributed by atoms with Crippen molar-refractivity contribution in [2.24, 2.45) is 5.92 Å². The van der Waals surface area contributed by atoms with Gasteiger partial charge in [-0.15, -0.1) is 0 Å². The van der Waals surface area contributed by atoms with Crippen LogP contribution in [0.5, 0.6) is 0 Å². The zero-order valence-electron chi connectivity index (χ0n) is 42.7. The molecule has 77 heavy (non-hydrogen) atoms. The highest BCUT2D eigenvalue weighted by atomic mass is 15.2. The predicted molar refractivity (Wildman–Crippen MR) is 319 cm³/mol. The van der Waals surface area contributed by atoms with Gasteiger partial charge in [-0.05, 0) is 144 Å². The second-order valence-electron chi connectivity index (χ2n) is 21.5. The highest BCUT2D eigenvalue weighted by molar-refractivity contribution is 6.10. The van der Waals surface area contributed by atoms with Crippen LogP contribution in [-0.2, 0) is 10.8 Å². The van der Waals surface area contributed by atoms with Gasteiger partial charge < -0.3 is 9.47 Å². The molecule has 2 spiro atoms. The zero-order valence-corrected chi connectivity index (χ0v) is 42.7. The molecule has 2 nitrogen and oxygen atoms in total. The molecule has 0 aliphatic heterocycles. The number of benzene rings is 11. The van der Waals surface area contributed by atoms with Crippen LogP contribution >= 0.6 is 0 Å². The Hall–Kier alpha value is -9.50. The van der Waals surface area contributed by atoms with E-state index in [0.717, 1.165) is 29.0 Å². The molecule has 2 heteroatoms. The minimum Gasteiger partial charge on any atom is -0.310 e. The van der Waals surface area contributed by atoms with Crippen molar-refractivity contribution in [2.75, 3.05) is 4.90 Å². The van der Waals surface area contributed by atoms with Crippen LogP contribution in [0.3, 0.4) is 0 Å². The first-order valence-electron chi connectivity index (χ1n) is 27.2. The van der Waals surface area contributed by atoms with Gasteiger partial charge in [0.25, 0.3) is 0 Å². The molecule has 0 radical (unpaired) electrons. The summed E-state index contributed by atoms with van der Waals surface area (Å²) in [7, 11) is 0. The van der Waals surface area contributed by atoms with E-state index in [1.165, 1.54) is 111 Å². The van der Waals surface area contributed by atoms with E-state index in [0.29, 0.717) is 0 Å². The lowest BCUT2D eigenvalue weighted by Gasteiger charge is -2.53. The fraction of sp³-hybridized carbons (Fsp3) is 0.0667. The lowest BCUT2D eigenvalue weighted by Crippen LogP contribution is -2.47. The Bertz CT molecular complexity index is 4330. The van der Waals surface area contributed by atoms with Gasteiger partial charge >= 0.3 is 0 Å². The molecule has 1 unspecified atom stereocenters. The van der Waals surface area contributed by atoms with Crippen LogP contribution in [0.2, 0.25) is 0 Å². The number of para-hydroxylation sites is 1. The summed E-state index contributed by atoms with van der Waals surface area (Å²) >= 11 is 0. The van der Waals surface area contributed by atoms with E-state index >= 15 is 0 Å². The monoisotopic (exact) mass is 980 g/mol. The largest absolute Gasteiger partial charge is 0.310 e. The number of hydrogen-bond donors (Lipinski definition) is 0. The van der Waals surface area contributed by atoms with E-state index < -0.39 is 10.8 Å². The highest BCUT2D eigenvalue weighted by Crippen LogP contribution is 2.70. The third kappa shape index (κ3) is 6.07. The van der Waals surface area contributed by atoms with Crippen LogP contribution < -0.4 is 4.90 Å². The van der Waals surface area contributed by atoms with Gasteiger partial charge in [-0.3, -0.25) is 0 Å². The first kappa shape index (κ1) is 43.9. The number of hydrogen-bond acceptors (Lipinski definition) is 1. The van der Waals surface area contributed by atoms with Crippen molar-refractivity contribution in [3.63, 3.8) is 0 Å². The molecule has 1 atom stereocenters. The number of nitrogens with zero attached hydrogens (tertiary/aromatic N) is 2. The van der Waals surface area contributed by atoms with E-state index in [2.05, 4.69) is 295 Å². The van der Waals surface area contributed by atoms with E-state index in [4.69, 9.17) is 0 Å². The van der Waals surface area contributed by atoms with Gasteiger partial charge in [0.15, 0.2) is 0 Å². The zero-order chi connectivity index (χ0) is 50.8. The first-order chi connectivity index (χ1) is 38.1. The lowest BCUT2D eigenvalue weighted by molar-refractivity contribution is 0.539. The summed E-state index contributed by atoms with van der Waals surface area (Å²) in [6, 6.07) is 103. The molecule has 0 saturated carbocycles. The third-order valence-electron chi connectivity index (χ3n) is 17.6. The number of allylic oxidation sites excluding steroid dienone is 3. The summed E-state index contributed by atoms with van der Waals surface area (Å²) < 4.78 is 2.48. The van der Waals surface area contributed by atoms with Crippen molar-refractivity contribution >= 4 is 33.2 Å². The van der Waals surface area contributed by atoms with Gasteiger partial charge in [0.2, 0.25) is 0 Å². The minimum atomic E-state index is -0.662. The van der Waals surface area contributed by atoms with Crippen LogP contribution in [0.25, 0.3) is 72.0 Å². The van der Waals surface area contributed by atoms with Gasteiger partial charge in [0.05, 0.1) is 21.9 Å². The van der Waals surface area contributed by atoms with Crippen molar-refractivity contribution in [3.05, 3.63) is 329 Å². The molecule has 11 aromatic carbocycles. The maximum atomic E-state index is 2.64. The van der Waals surface area contributed by atoms with E-state index in [1.807, 2.05) is 0 Å². The molecule has 0 fully saturated rings. The first-order valence-corrected chi connectivity index (χ1v) is 27.2. The molecule has 1 heterocycles. The molecule has 0 N–H and O–H groups in total. The summed E-state index contributed by atoms with van der Waals surface area (Å²) in [6.45, 7) is 2.45. The molecular weight excluding hydrogens is 929 g/mol. The molecule has 1 aromatic heterocycles. The normalized spacial score (nSPS) is 15.9. The van der Waals surface area contributed by atoms with Crippen LogP contribution in [-0.4, -0.2) is 4.57 Å². The maximum Gasteiger partial charge on any atom is 0.0737 e. The summed E-state index contributed by atoms with van der Waals surface area (Å²) in [5.41, 5.74) is 26.7. The number of aromatic nitrogens is 1. The fourth-order valence-corrected chi connectivity index (χ4v) is 14.7. The van der Waals surface area contributed by atoms with Gasteiger partial charge in [0.1, 0.15) is 0 Å². The van der Waals surface area contributed by atoms with Crippen LogP contribution in [0.15, 0.2) is 296 Å². The molecular formula is C75H52N2. The molecule has 16 rings (SSSR count). The van der Waals surface area contributed by atoms with Crippen molar-refractivity contribution in [2.45, 2.75) is 24.2 Å². The van der Waals surface area contributed by atoms with Crippen LogP contribution in [0, 0.1) is 5.92 Å². The lowest BCUT2D eigenvalue weighted by atomic mass is 9.50.